The predicted octanol–water partition coefficient (Wildman–Crippen LogP) is 1.76. The number of rotatable bonds is 6. The molecule has 132 valence electrons. The Hall–Kier alpha value is -3.09. The Bertz CT molecular complexity index is 780. The Labute approximate surface area is 146 Å². The van der Waals surface area contributed by atoms with Crippen molar-refractivity contribution < 1.29 is 14.3 Å². The van der Waals surface area contributed by atoms with Crippen LogP contribution in [0.1, 0.15) is 23.9 Å². The topological polar surface area (TPSA) is 85.3 Å². The van der Waals surface area contributed by atoms with Crippen molar-refractivity contribution in [3.63, 3.8) is 0 Å². The van der Waals surface area contributed by atoms with E-state index in [1.165, 1.54) is 6.08 Å². The Balaban J connectivity index is 1.86. The molecule has 0 fully saturated rings. The quantitative estimate of drug-likeness (QED) is 0.619. The molecule has 2 rings (SSSR count). The first-order valence-electron chi connectivity index (χ1n) is 7.99. The van der Waals surface area contributed by atoms with E-state index in [0.717, 1.165) is 17.0 Å². The van der Waals surface area contributed by atoms with E-state index in [9.17, 15) is 9.59 Å². The van der Waals surface area contributed by atoms with Crippen LogP contribution in [0.5, 0.6) is 5.75 Å². The van der Waals surface area contributed by atoms with Gasteiger partial charge in [-0.05, 0) is 39.0 Å². The van der Waals surface area contributed by atoms with Crippen molar-refractivity contribution in [3.8, 4) is 5.75 Å². The number of hydrogen-bond donors (Lipinski definition) is 2. The Kier molecular flexibility index (Phi) is 6.33. The fourth-order valence-electron chi connectivity index (χ4n) is 2.25. The number of amides is 2. The molecule has 1 aromatic heterocycles. The molecule has 0 aliphatic heterocycles. The van der Waals surface area contributed by atoms with Crippen molar-refractivity contribution in [2.75, 3.05) is 6.61 Å². The lowest BCUT2D eigenvalue weighted by molar-refractivity contribution is -0.127. The van der Waals surface area contributed by atoms with Crippen LogP contribution in [-0.4, -0.2) is 28.2 Å². The van der Waals surface area contributed by atoms with Crippen LogP contribution in [0.25, 0.3) is 6.08 Å². The summed E-state index contributed by atoms with van der Waals surface area (Å²) in [6, 6.07) is 9.27. The summed E-state index contributed by atoms with van der Waals surface area (Å²) in [5, 5.41) is 4.20. The van der Waals surface area contributed by atoms with Gasteiger partial charge in [-0.25, -0.2) is 0 Å². The van der Waals surface area contributed by atoms with Gasteiger partial charge in [0.1, 0.15) is 12.3 Å². The Morgan fingerprint density at radius 1 is 1.24 bits per heavy atom. The average Bonchev–Trinajstić information content (AvgIpc) is 2.89. The fourth-order valence-corrected chi connectivity index (χ4v) is 2.25. The van der Waals surface area contributed by atoms with Gasteiger partial charge in [-0.2, -0.15) is 5.10 Å². The molecule has 2 N–H and O–H groups in total. The van der Waals surface area contributed by atoms with Gasteiger partial charge >= 0.3 is 0 Å². The average molecular weight is 342 g/mol. The summed E-state index contributed by atoms with van der Waals surface area (Å²) >= 11 is 0. The number of hydrogen-bond acceptors (Lipinski definition) is 4. The minimum atomic E-state index is -0.437. The number of aryl methyl sites for hydroxylation is 2. The van der Waals surface area contributed by atoms with E-state index in [4.69, 9.17) is 4.74 Å². The van der Waals surface area contributed by atoms with E-state index in [1.54, 1.807) is 10.8 Å². The van der Waals surface area contributed by atoms with E-state index in [1.807, 2.05) is 51.1 Å². The second kappa shape index (κ2) is 8.68. The number of hydrazine groups is 1. The van der Waals surface area contributed by atoms with Gasteiger partial charge in [-0.3, -0.25) is 25.1 Å². The first kappa shape index (κ1) is 18.3. The van der Waals surface area contributed by atoms with Gasteiger partial charge in [0.2, 0.25) is 0 Å². The Morgan fingerprint density at radius 3 is 2.68 bits per heavy atom. The van der Waals surface area contributed by atoms with Crippen LogP contribution in [0.15, 0.2) is 36.4 Å². The van der Waals surface area contributed by atoms with Gasteiger partial charge in [0.05, 0.1) is 12.3 Å². The highest BCUT2D eigenvalue weighted by Gasteiger charge is 2.07. The first-order chi connectivity index (χ1) is 12.0. The van der Waals surface area contributed by atoms with Crippen molar-refractivity contribution in [1.29, 1.82) is 0 Å². The van der Waals surface area contributed by atoms with Crippen molar-refractivity contribution in [1.82, 2.24) is 20.6 Å². The maximum absolute atomic E-state index is 11.9. The SMILES string of the molecule is CCOc1ccccc1/C=C/C(=O)NNC(=O)Cn1nc(C)cc1C. The Morgan fingerprint density at radius 2 is 2.00 bits per heavy atom. The number of carbonyl (C=O) groups is 2. The zero-order valence-electron chi connectivity index (χ0n) is 14.6. The summed E-state index contributed by atoms with van der Waals surface area (Å²) in [4.78, 5) is 23.7. The zero-order chi connectivity index (χ0) is 18.2. The van der Waals surface area contributed by atoms with Crippen LogP contribution in [0, 0.1) is 13.8 Å². The molecule has 0 aliphatic carbocycles. The highest BCUT2D eigenvalue weighted by molar-refractivity contribution is 5.93. The van der Waals surface area contributed by atoms with E-state index in [2.05, 4.69) is 16.0 Å². The van der Waals surface area contributed by atoms with Gasteiger partial charge in [0.15, 0.2) is 0 Å². The summed E-state index contributed by atoms with van der Waals surface area (Å²) < 4.78 is 7.06. The molecule has 7 nitrogen and oxygen atoms in total. The highest BCUT2D eigenvalue weighted by Crippen LogP contribution is 2.19. The van der Waals surface area contributed by atoms with Crippen molar-refractivity contribution in [2.24, 2.45) is 0 Å². The van der Waals surface area contributed by atoms with Crippen molar-refractivity contribution in [3.05, 3.63) is 53.4 Å². The lowest BCUT2D eigenvalue weighted by Gasteiger charge is -2.07. The zero-order valence-corrected chi connectivity index (χ0v) is 14.6. The molecule has 0 unspecified atom stereocenters. The van der Waals surface area contributed by atoms with E-state index < -0.39 is 5.91 Å². The van der Waals surface area contributed by atoms with Crippen LogP contribution in [-0.2, 0) is 16.1 Å². The van der Waals surface area contributed by atoms with E-state index in [-0.39, 0.29) is 12.5 Å². The number of nitrogens with zero attached hydrogens (tertiary/aromatic N) is 2. The van der Waals surface area contributed by atoms with Gasteiger partial charge in [0.25, 0.3) is 11.8 Å². The van der Waals surface area contributed by atoms with Gasteiger partial charge in [-0.1, -0.05) is 18.2 Å². The van der Waals surface area contributed by atoms with Crippen LogP contribution in [0.4, 0.5) is 0 Å². The number of carbonyl (C=O) groups excluding carboxylic acids is 2. The number of nitrogens with one attached hydrogen (secondary N) is 2. The summed E-state index contributed by atoms with van der Waals surface area (Å²) in [7, 11) is 0. The molecular formula is C18H22N4O3. The molecule has 0 aliphatic rings. The smallest absolute Gasteiger partial charge is 0.262 e. The molecule has 0 bridgehead atoms. The minimum Gasteiger partial charge on any atom is -0.493 e. The highest BCUT2D eigenvalue weighted by atomic mass is 16.5. The molecule has 0 radical (unpaired) electrons. The lowest BCUT2D eigenvalue weighted by atomic mass is 10.2. The summed E-state index contributed by atoms with van der Waals surface area (Å²) in [6.45, 7) is 6.19. The summed E-state index contributed by atoms with van der Waals surface area (Å²) in [5.41, 5.74) is 7.21. The molecule has 0 saturated heterocycles. The monoisotopic (exact) mass is 342 g/mol. The predicted molar refractivity (Wildman–Crippen MR) is 94.6 cm³/mol. The molecule has 2 aromatic rings. The molecule has 1 aromatic carbocycles. The number of aromatic nitrogens is 2. The summed E-state index contributed by atoms with van der Waals surface area (Å²) in [5.74, 6) is -0.0988. The molecule has 0 atom stereocenters. The second-order valence-corrected chi connectivity index (χ2v) is 5.43. The number of benzene rings is 1. The van der Waals surface area contributed by atoms with Gasteiger partial charge < -0.3 is 4.74 Å². The van der Waals surface area contributed by atoms with Crippen LogP contribution in [0.2, 0.25) is 0 Å². The normalized spacial score (nSPS) is 10.7. The van der Waals surface area contributed by atoms with Gasteiger partial charge in [-0.15, -0.1) is 0 Å². The second-order valence-electron chi connectivity index (χ2n) is 5.43. The third-order valence-corrected chi connectivity index (χ3v) is 3.35. The molecule has 25 heavy (non-hydrogen) atoms. The minimum absolute atomic E-state index is 0.0385. The third kappa shape index (κ3) is 5.49. The number of para-hydroxylation sites is 1. The van der Waals surface area contributed by atoms with Crippen molar-refractivity contribution in [2.45, 2.75) is 27.3 Å². The van der Waals surface area contributed by atoms with Crippen LogP contribution in [0.3, 0.4) is 0 Å². The van der Waals surface area contributed by atoms with Crippen LogP contribution < -0.4 is 15.6 Å². The molecule has 2 amide bonds. The maximum Gasteiger partial charge on any atom is 0.262 e. The first-order valence-corrected chi connectivity index (χ1v) is 7.99. The van der Waals surface area contributed by atoms with Crippen molar-refractivity contribution >= 4 is 17.9 Å². The summed E-state index contributed by atoms with van der Waals surface area (Å²) in [6.07, 6.45) is 2.97. The molecule has 0 spiro atoms. The number of ether oxygens (including phenoxy) is 1. The molecule has 7 heteroatoms. The largest absolute Gasteiger partial charge is 0.493 e. The van der Waals surface area contributed by atoms with Gasteiger partial charge in [0, 0.05) is 17.3 Å². The van der Waals surface area contributed by atoms with E-state index in [0.29, 0.717) is 12.4 Å². The molecular weight excluding hydrogens is 320 g/mol. The third-order valence-electron chi connectivity index (χ3n) is 3.35. The standard InChI is InChI=1S/C18H22N4O3/c1-4-25-16-8-6-5-7-15(16)9-10-17(23)19-20-18(24)12-22-14(3)11-13(2)21-22/h5-11H,4,12H2,1-3H3,(H,19,23)(H,20,24)/b10-9+. The van der Waals surface area contributed by atoms with E-state index >= 15 is 0 Å². The lowest BCUT2D eigenvalue weighted by Crippen LogP contribution is -2.42. The molecule has 0 saturated carbocycles. The molecule has 1 heterocycles. The fraction of sp³-hybridized carbons (Fsp3) is 0.278. The maximum atomic E-state index is 11.9. The van der Waals surface area contributed by atoms with Crippen LogP contribution >= 0.6 is 0 Å².